The quantitative estimate of drug-likeness (QED) is 0.497. The SMILES string of the molecule is CCCC[Si](CCCBr)(OC)OC. The third-order valence-electron chi connectivity index (χ3n) is 2.35. The largest absolute Gasteiger partial charge is 0.398 e. The molecule has 4 heteroatoms. The lowest BCUT2D eigenvalue weighted by Crippen LogP contribution is -2.39. The standard InChI is InChI=1S/C9H21BrO2Si/c1-4-5-8-13(11-2,12-3)9-6-7-10/h4-9H2,1-3H3. The molecule has 0 aromatic rings. The van der Waals surface area contributed by atoms with Crippen LogP contribution < -0.4 is 0 Å². The van der Waals surface area contributed by atoms with Crippen LogP contribution in [0.1, 0.15) is 26.2 Å². The Bertz CT molecular complexity index is 108. The summed E-state index contributed by atoms with van der Waals surface area (Å²) < 4.78 is 11.2. The molecule has 0 heterocycles. The third-order valence-corrected chi connectivity index (χ3v) is 6.63. The van der Waals surface area contributed by atoms with Crippen molar-refractivity contribution in [3.63, 3.8) is 0 Å². The molecule has 0 saturated carbocycles. The van der Waals surface area contributed by atoms with Crippen molar-refractivity contribution in [2.75, 3.05) is 19.5 Å². The van der Waals surface area contributed by atoms with Gasteiger partial charge < -0.3 is 8.85 Å². The summed E-state index contributed by atoms with van der Waals surface area (Å²) in [6, 6.07) is 2.23. The molecule has 0 spiro atoms. The fourth-order valence-electron chi connectivity index (χ4n) is 1.40. The first-order valence-electron chi connectivity index (χ1n) is 4.91. The van der Waals surface area contributed by atoms with Gasteiger partial charge >= 0.3 is 8.56 Å². The van der Waals surface area contributed by atoms with Crippen molar-refractivity contribution >= 4 is 24.5 Å². The first-order chi connectivity index (χ1) is 6.24. The zero-order valence-electron chi connectivity index (χ0n) is 8.94. The van der Waals surface area contributed by atoms with Crippen LogP contribution in [0.3, 0.4) is 0 Å². The van der Waals surface area contributed by atoms with Crippen LogP contribution in [-0.2, 0) is 8.85 Å². The molecule has 0 saturated heterocycles. The van der Waals surface area contributed by atoms with Gasteiger partial charge in [-0.05, 0) is 18.5 Å². The highest BCUT2D eigenvalue weighted by Crippen LogP contribution is 2.22. The van der Waals surface area contributed by atoms with Gasteiger partial charge in [-0.15, -0.1) is 0 Å². The molecular formula is C9H21BrO2Si. The number of unbranched alkanes of at least 4 members (excludes halogenated alkanes) is 1. The van der Waals surface area contributed by atoms with Gasteiger partial charge in [0.25, 0.3) is 0 Å². The van der Waals surface area contributed by atoms with Crippen LogP contribution in [0, 0.1) is 0 Å². The number of alkyl halides is 1. The lowest BCUT2D eigenvalue weighted by molar-refractivity contribution is 0.240. The van der Waals surface area contributed by atoms with Crippen molar-refractivity contribution in [2.24, 2.45) is 0 Å². The third kappa shape index (κ3) is 5.15. The molecule has 0 aromatic carbocycles. The van der Waals surface area contributed by atoms with E-state index in [-0.39, 0.29) is 0 Å². The van der Waals surface area contributed by atoms with Gasteiger partial charge in [0.1, 0.15) is 0 Å². The van der Waals surface area contributed by atoms with Crippen molar-refractivity contribution in [3.05, 3.63) is 0 Å². The number of hydrogen-bond donors (Lipinski definition) is 0. The molecule has 0 atom stereocenters. The summed E-state index contributed by atoms with van der Waals surface area (Å²) in [6.07, 6.45) is 3.59. The second-order valence-electron chi connectivity index (χ2n) is 3.22. The van der Waals surface area contributed by atoms with Crippen molar-refractivity contribution in [3.8, 4) is 0 Å². The lowest BCUT2D eigenvalue weighted by Gasteiger charge is -2.27. The molecule has 0 aliphatic heterocycles. The highest BCUT2D eigenvalue weighted by molar-refractivity contribution is 9.09. The van der Waals surface area contributed by atoms with Gasteiger partial charge in [-0.25, -0.2) is 0 Å². The predicted molar refractivity (Wildman–Crippen MR) is 62.7 cm³/mol. The van der Waals surface area contributed by atoms with Gasteiger partial charge in [0, 0.05) is 19.5 Å². The Kier molecular flexibility index (Phi) is 8.35. The Hall–Kier alpha value is 0.617. The summed E-state index contributed by atoms with van der Waals surface area (Å²) in [6.45, 7) is 2.20. The molecule has 80 valence electrons. The summed E-state index contributed by atoms with van der Waals surface area (Å²) in [4.78, 5) is 0. The normalized spacial score (nSPS) is 12.0. The molecule has 0 aliphatic rings. The van der Waals surface area contributed by atoms with E-state index in [1.54, 1.807) is 14.2 Å². The summed E-state index contributed by atoms with van der Waals surface area (Å²) in [5.74, 6) is 0. The van der Waals surface area contributed by atoms with Crippen LogP contribution in [0.4, 0.5) is 0 Å². The van der Waals surface area contributed by atoms with Crippen molar-refractivity contribution in [1.82, 2.24) is 0 Å². The number of hydrogen-bond acceptors (Lipinski definition) is 2. The van der Waals surface area contributed by atoms with Crippen LogP contribution in [0.2, 0.25) is 12.1 Å². The fourth-order valence-corrected chi connectivity index (χ4v) is 5.04. The van der Waals surface area contributed by atoms with E-state index in [0.717, 1.165) is 23.8 Å². The highest BCUT2D eigenvalue weighted by Gasteiger charge is 2.33. The van der Waals surface area contributed by atoms with Crippen molar-refractivity contribution in [1.29, 1.82) is 0 Å². The minimum atomic E-state index is -1.82. The fraction of sp³-hybridized carbons (Fsp3) is 1.00. The van der Waals surface area contributed by atoms with Crippen molar-refractivity contribution in [2.45, 2.75) is 38.3 Å². The lowest BCUT2D eigenvalue weighted by atomic mass is 10.4. The molecule has 13 heavy (non-hydrogen) atoms. The minimum Gasteiger partial charge on any atom is -0.398 e. The van der Waals surface area contributed by atoms with Crippen LogP contribution in [0.25, 0.3) is 0 Å². The second kappa shape index (κ2) is 7.97. The average molecular weight is 269 g/mol. The first-order valence-corrected chi connectivity index (χ1v) is 8.26. The van der Waals surface area contributed by atoms with E-state index in [0.29, 0.717) is 0 Å². The molecule has 0 rings (SSSR count). The molecule has 0 N–H and O–H groups in total. The average Bonchev–Trinajstić information content (AvgIpc) is 2.20. The summed E-state index contributed by atoms with van der Waals surface area (Å²) >= 11 is 3.44. The van der Waals surface area contributed by atoms with Gasteiger partial charge in [0.05, 0.1) is 0 Å². The minimum absolute atomic E-state index is 1.04. The number of rotatable bonds is 8. The van der Waals surface area contributed by atoms with E-state index < -0.39 is 8.56 Å². The van der Waals surface area contributed by atoms with Crippen LogP contribution in [-0.4, -0.2) is 28.1 Å². The maximum atomic E-state index is 5.59. The first kappa shape index (κ1) is 13.6. The van der Waals surface area contributed by atoms with Crippen LogP contribution >= 0.6 is 15.9 Å². The van der Waals surface area contributed by atoms with Crippen molar-refractivity contribution < 1.29 is 8.85 Å². The highest BCUT2D eigenvalue weighted by atomic mass is 79.9. The molecular weight excluding hydrogens is 248 g/mol. The molecule has 0 bridgehead atoms. The molecule has 0 unspecified atom stereocenters. The monoisotopic (exact) mass is 268 g/mol. The molecule has 0 radical (unpaired) electrons. The Morgan fingerprint density at radius 1 is 1.08 bits per heavy atom. The smallest absolute Gasteiger partial charge is 0.337 e. The zero-order valence-corrected chi connectivity index (χ0v) is 11.5. The van der Waals surface area contributed by atoms with Crippen LogP contribution in [0.15, 0.2) is 0 Å². The maximum absolute atomic E-state index is 5.59. The maximum Gasteiger partial charge on any atom is 0.337 e. The van der Waals surface area contributed by atoms with Gasteiger partial charge in [-0.1, -0.05) is 35.7 Å². The molecule has 2 nitrogen and oxygen atoms in total. The molecule has 0 aromatic heterocycles. The summed E-state index contributed by atoms with van der Waals surface area (Å²) in [7, 11) is 1.77. The number of halogens is 1. The van der Waals surface area contributed by atoms with E-state index >= 15 is 0 Å². The molecule has 0 aliphatic carbocycles. The van der Waals surface area contributed by atoms with Crippen LogP contribution in [0.5, 0.6) is 0 Å². The topological polar surface area (TPSA) is 18.5 Å². The van der Waals surface area contributed by atoms with E-state index in [4.69, 9.17) is 8.85 Å². The Morgan fingerprint density at radius 3 is 2.00 bits per heavy atom. The summed E-state index contributed by atoms with van der Waals surface area (Å²) in [5, 5.41) is 1.04. The van der Waals surface area contributed by atoms with Gasteiger partial charge in [-0.2, -0.15) is 0 Å². The molecule has 0 fully saturated rings. The zero-order chi connectivity index (χ0) is 10.2. The predicted octanol–water partition coefficient (Wildman–Crippen LogP) is 3.31. The Balaban J connectivity index is 3.97. The summed E-state index contributed by atoms with van der Waals surface area (Å²) in [5.41, 5.74) is 0. The van der Waals surface area contributed by atoms with E-state index in [1.807, 2.05) is 0 Å². The van der Waals surface area contributed by atoms with Gasteiger partial charge in [0.2, 0.25) is 0 Å². The molecule has 0 amide bonds. The van der Waals surface area contributed by atoms with E-state index in [1.165, 1.54) is 12.8 Å². The van der Waals surface area contributed by atoms with Gasteiger partial charge in [0.15, 0.2) is 0 Å². The van der Waals surface area contributed by atoms with Gasteiger partial charge in [-0.3, -0.25) is 0 Å². The Labute approximate surface area is 91.4 Å². The second-order valence-corrected chi connectivity index (χ2v) is 7.65. The van der Waals surface area contributed by atoms with E-state index in [2.05, 4.69) is 22.9 Å². The Morgan fingerprint density at radius 2 is 1.62 bits per heavy atom. The van der Waals surface area contributed by atoms with E-state index in [9.17, 15) is 0 Å².